The van der Waals surface area contributed by atoms with Gasteiger partial charge in [0.15, 0.2) is 0 Å². The lowest BCUT2D eigenvalue weighted by Crippen LogP contribution is -2.54. The third kappa shape index (κ3) is 4.52. The first-order valence-electron chi connectivity index (χ1n) is 11.4. The van der Waals surface area contributed by atoms with Gasteiger partial charge in [0, 0.05) is 64.6 Å². The first kappa shape index (κ1) is 22.4. The molecule has 0 unspecified atom stereocenters. The first-order valence-corrected chi connectivity index (χ1v) is 11.8. The number of nitrogen functional groups attached to an aromatic ring is 1. The zero-order chi connectivity index (χ0) is 23.7. The molecule has 0 aliphatic carbocycles. The Balaban J connectivity index is 1.25. The summed E-state index contributed by atoms with van der Waals surface area (Å²) in [6, 6.07) is 20.4. The van der Waals surface area contributed by atoms with Crippen molar-refractivity contribution in [3.8, 4) is 0 Å². The number of hydrogen-bond donors (Lipinski definition) is 3. The van der Waals surface area contributed by atoms with Gasteiger partial charge in [0.1, 0.15) is 0 Å². The van der Waals surface area contributed by atoms with Gasteiger partial charge in [-0.15, -0.1) is 0 Å². The minimum atomic E-state index is -0.242. The van der Waals surface area contributed by atoms with Crippen molar-refractivity contribution in [2.45, 2.75) is 6.54 Å². The smallest absolute Gasteiger partial charge is 0.251 e. The Hall–Kier alpha value is -3.35. The van der Waals surface area contributed by atoms with Crippen molar-refractivity contribution in [3.63, 3.8) is 0 Å². The zero-order valence-corrected chi connectivity index (χ0v) is 19.5. The lowest BCUT2D eigenvalue weighted by molar-refractivity contribution is -0.0659. The molecule has 4 N–H and O–H groups in total. The number of nitrogens with two attached hydrogens (primary N) is 1. The third-order valence-corrected chi connectivity index (χ3v) is 7.11. The van der Waals surface area contributed by atoms with Crippen LogP contribution in [0.15, 0.2) is 66.7 Å². The van der Waals surface area contributed by atoms with Gasteiger partial charge < -0.3 is 20.7 Å². The average molecular weight is 475 g/mol. The van der Waals surface area contributed by atoms with Gasteiger partial charge in [0.05, 0.1) is 18.9 Å². The minimum Gasteiger partial charge on any atom is -0.398 e. The average Bonchev–Trinajstić information content (AvgIpc) is 2.79. The second-order valence-corrected chi connectivity index (χ2v) is 9.37. The Bertz CT molecular complexity index is 1220. The van der Waals surface area contributed by atoms with E-state index >= 15 is 0 Å². The SMILES string of the molecule is N=C(c1ccc(N2CC(C3COC3)C2)cc1)c1cc(C(=O)NCc2ccccc2Cl)ccc1N. The van der Waals surface area contributed by atoms with Gasteiger partial charge in [-0.25, -0.2) is 0 Å². The van der Waals surface area contributed by atoms with Crippen molar-refractivity contribution in [2.24, 2.45) is 11.8 Å². The number of benzene rings is 3. The van der Waals surface area contributed by atoms with Crippen LogP contribution in [0.5, 0.6) is 0 Å². The van der Waals surface area contributed by atoms with Crippen molar-refractivity contribution in [1.82, 2.24) is 5.32 Å². The molecule has 174 valence electrons. The van der Waals surface area contributed by atoms with Crippen molar-refractivity contribution < 1.29 is 9.53 Å². The fraction of sp³-hybridized carbons (Fsp3) is 0.259. The number of amides is 1. The summed E-state index contributed by atoms with van der Waals surface area (Å²) in [5, 5.41) is 12.2. The highest BCUT2D eigenvalue weighted by Gasteiger charge is 2.37. The summed E-state index contributed by atoms with van der Waals surface area (Å²) in [5.74, 6) is 1.19. The molecule has 0 radical (unpaired) electrons. The van der Waals surface area contributed by atoms with Gasteiger partial charge in [-0.05, 0) is 42.0 Å². The molecule has 2 aliphatic rings. The molecule has 2 aliphatic heterocycles. The number of ether oxygens (including phenoxy) is 1. The zero-order valence-electron chi connectivity index (χ0n) is 18.8. The van der Waals surface area contributed by atoms with Gasteiger partial charge in [-0.1, -0.05) is 41.9 Å². The molecule has 0 aromatic heterocycles. The lowest BCUT2D eigenvalue weighted by atomic mass is 9.84. The molecule has 6 nitrogen and oxygen atoms in total. The fourth-order valence-electron chi connectivity index (χ4n) is 4.38. The molecule has 5 rings (SSSR count). The first-order chi connectivity index (χ1) is 16.5. The normalized spacial score (nSPS) is 16.0. The Morgan fingerprint density at radius 2 is 1.74 bits per heavy atom. The second kappa shape index (κ2) is 9.49. The quantitative estimate of drug-likeness (QED) is 0.350. The van der Waals surface area contributed by atoms with Crippen LogP contribution in [0.2, 0.25) is 5.02 Å². The Kier molecular flexibility index (Phi) is 6.26. The van der Waals surface area contributed by atoms with Gasteiger partial charge >= 0.3 is 0 Å². The van der Waals surface area contributed by atoms with E-state index in [0.29, 0.717) is 34.3 Å². The van der Waals surface area contributed by atoms with E-state index in [1.54, 1.807) is 24.3 Å². The molecule has 0 saturated carbocycles. The molecule has 3 aromatic carbocycles. The van der Waals surface area contributed by atoms with Crippen LogP contribution >= 0.6 is 11.6 Å². The van der Waals surface area contributed by atoms with E-state index in [2.05, 4.69) is 10.2 Å². The van der Waals surface area contributed by atoms with Crippen LogP contribution in [-0.2, 0) is 11.3 Å². The number of carbonyl (C=O) groups excluding carboxylic acids is 1. The number of nitrogens with zero attached hydrogens (tertiary/aromatic N) is 1. The number of anilines is 2. The van der Waals surface area contributed by atoms with Gasteiger partial charge in [-0.3, -0.25) is 10.2 Å². The number of nitrogens with one attached hydrogen (secondary N) is 2. The largest absolute Gasteiger partial charge is 0.398 e. The van der Waals surface area contributed by atoms with Crippen LogP contribution in [0.3, 0.4) is 0 Å². The molecule has 0 atom stereocenters. The number of rotatable bonds is 7. The third-order valence-electron chi connectivity index (χ3n) is 6.74. The summed E-state index contributed by atoms with van der Waals surface area (Å²) in [7, 11) is 0. The summed E-state index contributed by atoms with van der Waals surface area (Å²) in [6.45, 7) is 4.23. The van der Waals surface area contributed by atoms with E-state index in [1.807, 2.05) is 42.5 Å². The van der Waals surface area contributed by atoms with E-state index in [4.69, 9.17) is 27.5 Å². The summed E-state index contributed by atoms with van der Waals surface area (Å²) in [6.07, 6.45) is 0. The summed E-state index contributed by atoms with van der Waals surface area (Å²) < 4.78 is 5.31. The van der Waals surface area contributed by atoms with Crippen molar-refractivity contribution in [1.29, 1.82) is 5.41 Å². The maximum Gasteiger partial charge on any atom is 0.251 e. The molecular weight excluding hydrogens is 448 g/mol. The van der Waals surface area contributed by atoms with E-state index in [9.17, 15) is 4.79 Å². The maximum absolute atomic E-state index is 12.7. The lowest BCUT2D eigenvalue weighted by Gasteiger charge is -2.47. The highest BCUT2D eigenvalue weighted by molar-refractivity contribution is 6.31. The van der Waals surface area contributed by atoms with E-state index < -0.39 is 0 Å². The molecule has 2 heterocycles. The molecule has 2 saturated heterocycles. The van der Waals surface area contributed by atoms with E-state index in [0.717, 1.165) is 49.0 Å². The number of carbonyl (C=O) groups is 1. The predicted molar refractivity (Wildman–Crippen MR) is 136 cm³/mol. The van der Waals surface area contributed by atoms with Crippen molar-refractivity contribution >= 4 is 34.6 Å². The van der Waals surface area contributed by atoms with Crippen LogP contribution < -0.4 is 16.0 Å². The predicted octanol–water partition coefficient (Wildman–Crippen LogP) is 4.35. The molecule has 2 fully saturated rings. The molecular formula is C27H27ClN4O2. The summed E-state index contributed by atoms with van der Waals surface area (Å²) >= 11 is 6.18. The summed E-state index contributed by atoms with van der Waals surface area (Å²) in [4.78, 5) is 15.1. The van der Waals surface area contributed by atoms with Crippen LogP contribution in [0.4, 0.5) is 11.4 Å². The van der Waals surface area contributed by atoms with Crippen LogP contribution in [0, 0.1) is 17.2 Å². The standard InChI is InChI=1S/C27H27ClN4O2/c28-24-4-2-1-3-19(24)12-31-27(33)18-7-10-25(29)23(11-18)26(30)17-5-8-22(9-6-17)32-13-20(14-32)21-15-34-16-21/h1-11,20-21,30H,12-16,29H2,(H,31,33). The molecule has 0 spiro atoms. The van der Waals surface area contributed by atoms with E-state index in [-0.39, 0.29) is 11.6 Å². The Labute approximate surface area is 204 Å². The van der Waals surface area contributed by atoms with Crippen LogP contribution in [0.1, 0.15) is 27.0 Å². The van der Waals surface area contributed by atoms with Crippen molar-refractivity contribution in [2.75, 3.05) is 36.9 Å². The van der Waals surface area contributed by atoms with Gasteiger partial charge in [0.25, 0.3) is 5.91 Å². The molecule has 3 aromatic rings. The molecule has 7 heteroatoms. The van der Waals surface area contributed by atoms with E-state index in [1.165, 1.54) is 0 Å². The molecule has 1 amide bonds. The number of halogens is 1. The maximum atomic E-state index is 12.7. The van der Waals surface area contributed by atoms with Gasteiger partial charge in [-0.2, -0.15) is 0 Å². The fourth-order valence-corrected chi connectivity index (χ4v) is 4.58. The monoisotopic (exact) mass is 474 g/mol. The van der Waals surface area contributed by atoms with Gasteiger partial charge in [0.2, 0.25) is 0 Å². The van der Waals surface area contributed by atoms with Crippen molar-refractivity contribution in [3.05, 3.63) is 94.0 Å². The van der Waals surface area contributed by atoms with Crippen LogP contribution in [-0.4, -0.2) is 37.9 Å². The summed E-state index contributed by atoms with van der Waals surface area (Å²) in [5.41, 5.74) is 10.7. The highest BCUT2D eigenvalue weighted by atomic mass is 35.5. The highest BCUT2D eigenvalue weighted by Crippen LogP contribution is 2.33. The van der Waals surface area contributed by atoms with Crippen LogP contribution in [0.25, 0.3) is 0 Å². The second-order valence-electron chi connectivity index (χ2n) is 8.96. The Morgan fingerprint density at radius 1 is 1.03 bits per heavy atom. The molecule has 34 heavy (non-hydrogen) atoms. The topological polar surface area (TPSA) is 91.4 Å². The number of hydrogen-bond acceptors (Lipinski definition) is 5. The molecule has 0 bridgehead atoms. The Morgan fingerprint density at radius 3 is 2.41 bits per heavy atom. The minimum absolute atomic E-state index is 0.242.